The highest BCUT2D eigenvalue weighted by molar-refractivity contribution is 5.72. The molecule has 25 heavy (non-hydrogen) atoms. The zero-order valence-electron chi connectivity index (χ0n) is 15.3. The molecule has 0 spiro atoms. The van der Waals surface area contributed by atoms with E-state index in [2.05, 4.69) is 43.1 Å². The van der Waals surface area contributed by atoms with Gasteiger partial charge in [0.1, 0.15) is 18.2 Å². The normalized spacial score (nSPS) is 17.0. The van der Waals surface area contributed by atoms with Gasteiger partial charge in [-0.15, -0.1) is 10.2 Å². The van der Waals surface area contributed by atoms with Crippen molar-refractivity contribution in [2.45, 2.75) is 52.2 Å². The number of methoxy groups -OCH3 is 1. The van der Waals surface area contributed by atoms with Crippen LogP contribution in [0.4, 0.5) is 0 Å². The number of hydrogen-bond donors (Lipinski definition) is 0. The summed E-state index contributed by atoms with van der Waals surface area (Å²) in [6.45, 7) is 7.43. The number of aryl methyl sites for hydroxylation is 1. The Morgan fingerprint density at radius 2 is 1.96 bits per heavy atom. The number of rotatable bonds is 4. The lowest BCUT2D eigenvalue weighted by molar-refractivity contribution is -0.146. The highest BCUT2D eigenvalue weighted by Gasteiger charge is 2.28. The molecule has 1 aliphatic heterocycles. The predicted molar refractivity (Wildman–Crippen MR) is 93.3 cm³/mol. The van der Waals surface area contributed by atoms with Crippen molar-refractivity contribution in [2.24, 2.45) is 5.92 Å². The van der Waals surface area contributed by atoms with Crippen LogP contribution in [0.3, 0.4) is 0 Å². The molecule has 6 nitrogen and oxygen atoms in total. The number of fused-ring (bicyclic) bond motifs is 1. The van der Waals surface area contributed by atoms with E-state index < -0.39 is 0 Å². The van der Waals surface area contributed by atoms with Crippen LogP contribution in [0, 0.1) is 5.92 Å². The maximum atomic E-state index is 11.8. The molecule has 6 heteroatoms. The van der Waals surface area contributed by atoms with Crippen molar-refractivity contribution in [1.29, 1.82) is 0 Å². The van der Waals surface area contributed by atoms with Gasteiger partial charge in [-0.25, -0.2) is 0 Å². The van der Waals surface area contributed by atoms with Crippen molar-refractivity contribution in [3.05, 3.63) is 41.5 Å². The van der Waals surface area contributed by atoms with Crippen LogP contribution < -0.4 is 4.74 Å². The summed E-state index contributed by atoms with van der Waals surface area (Å²) in [5, 5.41) is 8.44. The second-order valence-electron chi connectivity index (χ2n) is 7.46. The van der Waals surface area contributed by atoms with Gasteiger partial charge in [0.25, 0.3) is 0 Å². The van der Waals surface area contributed by atoms with Gasteiger partial charge in [0.05, 0.1) is 13.0 Å². The number of hydrogen-bond acceptors (Lipinski definition) is 5. The van der Waals surface area contributed by atoms with Gasteiger partial charge in [-0.1, -0.05) is 32.9 Å². The summed E-state index contributed by atoms with van der Waals surface area (Å²) in [6.07, 6.45) is 1.48. The first kappa shape index (κ1) is 17.5. The van der Waals surface area contributed by atoms with Crippen molar-refractivity contribution in [2.75, 3.05) is 7.11 Å². The highest BCUT2D eigenvalue weighted by atomic mass is 16.5. The van der Waals surface area contributed by atoms with Gasteiger partial charge in [0, 0.05) is 13.0 Å². The first-order valence-electron chi connectivity index (χ1n) is 8.60. The van der Waals surface area contributed by atoms with E-state index in [1.54, 1.807) is 0 Å². The topological polar surface area (TPSA) is 66.2 Å². The molecule has 0 saturated heterocycles. The van der Waals surface area contributed by atoms with Gasteiger partial charge in [-0.05, 0) is 29.5 Å². The molecule has 0 saturated carbocycles. The number of esters is 1. The molecule has 2 heterocycles. The molecule has 134 valence electrons. The van der Waals surface area contributed by atoms with E-state index in [4.69, 9.17) is 9.47 Å². The van der Waals surface area contributed by atoms with Crippen molar-refractivity contribution in [3.8, 4) is 5.75 Å². The fourth-order valence-electron chi connectivity index (χ4n) is 3.05. The van der Waals surface area contributed by atoms with Gasteiger partial charge < -0.3 is 14.0 Å². The van der Waals surface area contributed by atoms with Crippen LogP contribution in [-0.4, -0.2) is 27.8 Å². The van der Waals surface area contributed by atoms with E-state index in [0.717, 1.165) is 30.2 Å². The molecule has 3 rings (SSSR count). The monoisotopic (exact) mass is 343 g/mol. The molecule has 0 fully saturated rings. The average molecular weight is 343 g/mol. The Morgan fingerprint density at radius 3 is 2.60 bits per heavy atom. The third kappa shape index (κ3) is 3.83. The van der Waals surface area contributed by atoms with E-state index in [1.165, 1.54) is 12.7 Å². The summed E-state index contributed by atoms with van der Waals surface area (Å²) in [4.78, 5) is 11.8. The van der Waals surface area contributed by atoms with Crippen molar-refractivity contribution in [3.63, 3.8) is 0 Å². The van der Waals surface area contributed by atoms with Crippen LogP contribution in [0.25, 0.3) is 0 Å². The quantitative estimate of drug-likeness (QED) is 0.799. The Kier molecular flexibility index (Phi) is 4.79. The lowest BCUT2D eigenvalue weighted by atomic mass is 9.87. The summed E-state index contributed by atoms with van der Waals surface area (Å²) >= 11 is 0. The maximum absolute atomic E-state index is 11.8. The van der Waals surface area contributed by atoms with Crippen LogP contribution in [0.5, 0.6) is 5.75 Å². The lowest BCUT2D eigenvalue weighted by Crippen LogP contribution is -2.29. The number of aromatic nitrogens is 3. The Labute approximate surface area is 148 Å². The van der Waals surface area contributed by atoms with E-state index in [-0.39, 0.29) is 17.3 Å². The first-order valence-corrected chi connectivity index (χ1v) is 8.60. The zero-order chi connectivity index (χ0) is 18.0. The summed E-state index contributed by atoms with van der Waals surface area (Å²) < 4.78 is 12.7. The second kappa shape index (κ2) is 6.86. The lowest BCUT2D eigenvalue weighted by Gasteiger charge is -2.22. The minimum atomic E-state index is -0.177. The van der Waals surface area contributed by atoms with Gasteiger partial charge >= 0.3 is 5.97 Å². The van der Waals surface area contributed by atoms with Crippen LogP contribution in [0.1, 0.15) is 44.4 Å². The molecule has 2 aromatic rings. The molecule has 0 N–H and O–H groups in total. The molecule has 1 aromatic carbocycles. The fourth-order valence-corrected chi connectivity index (χ4v) is 3.05. The average Bonchev–Trinajstić information content (AvgIpc) is 3.01. The molecular weight excluding hydrogens is 318 g/mol. The third-order valence-corrected chi connectivity index (χ3v) is 4.65. The third-order valence-electron chi connectivity index (χ3n) is 4.65. The van der Waals surface area contributed by atoms with E-state index >= 15 is 0 Å². The van der Waals surface area contributed by atoms with E-state index in [9.17, 15) is 4.79 Å². The molecule has 0 aliphatic carbocycles. The molecule has 0 radical (unpaired) electrons. The molecule has 0 amide bonds. The van der Waals surface area contributed by atoms with Gasteiger partial charge in [0.15, 0.2) is 5.82 Å². The summed E-state index contributed by atoms with van der Waals surface area (Å²) in [5.41, 5.74) is 1.38. The zero-order valence-corrected chi connectivity index (χ0v) is 15.3. The van der Waals surface area contributed by atoms with Crippen LogP contribution in [-0.2, 0) is 34.5 Å². The maximum Gasteiger partial charge on any atom is 0.310 e. The largest absolute Gasteiger partial charge is 0.486 e. The minimum absolute atomic E-state index is 0.119. The number of nitrogens with zero attached hydrogens (tertiary/aromatic N) is 3. The predicted octanol–water partition coefficient (Wildman–Crippen LogP) is 2.89. The smallest absolute Gasteiger partial charge is 0.310 e. The second-order valence-corrected chi connectivity index (χ2v) is 7.46. The Hall–Kier alpha value is -2.37. The highest BCUT2D eigenvalue weighted by Crippen LogP contribution is 2.25. The molecule has 0 bridgehead atoms. The van der Waals surface area contributed by atoms with Gasteiger partial charge in [0.2, 0.25) is 0 Å². The fraction of sp³-hybridized carbons (Fsp3) is 0.526. The Balaban J connectivity index is 1.67. The Bertz CT molecular complexity index is 744. The summed E-state index contributed by atoms with van der Waals surface area (Å²) in [7, 11) is 1.43. The van der Waals surface area contributed by atoms with Crippen molar-refractivity contribution >= 4 is 5.97 Å². The number of carbonyl (C=O) groups is 1. The molecule has 1 aromatic heterocycles. The van der Waals surface area contributed by atoms with Gasteiger partial charge in [-0.3, -0.25) is 4.79 Å². The Morgan fingerprint density at radius 1 is 1.24 bits per heavy atom. The summed E-state index contributed by atoms with van der Waals surface area (Å²) in [6, 6.07) is 8.13. The van der Waals surface area contributed by atoms with Crippen LogP contribution in [0.2, 0.25) is 0 Å². The van der Waals surface area contributed by atoms with E-state index in [0.29, 0.717) is 13.2 Å². The summed E-state index contributed by atoms with van der Waals surface area (Å²) in [5.74, 6) is 2.12. The minimum Gasteiger partial charge on any atom is -0.486 e. The molecule has 1 aliphatic rings. The molecule has 1 unspecified atom stereocenters. The number of carbonyl (C=O) groups excluding carboxylic acids is 1. The first-order chi connectivity index (χ1) is 11.9. The van der Waals surface area contributed by atoms with Crippen LogP contribution in [0.15, 0.2) is 24.3 Å². The molecule has 1 atom stereocenters. The van der Waals surface area contributed by atoms with E-state index in [1.807, 2.05) is 16.7 Å². The van der Waals surface area contributed by atoms with Crippen molar-refractivity contribution in [1.82, 2.24) is 14.8 Å². The number of ether oxygens (including phenoxy) is 2. The SMILES string of the molecule is COC(=O)C1CCc2nnc(COc3ccc(C(C)(C)C)cc3)n2C1. The van der Waals surface area contributed by atoms with Crippen molar-refractivity contribution < 1.29 is 14.3 Å². The standard InChI is InChI=1S/C19H25N3O3/c1-19(2,3)14-6-8-15(9-7-14)25-12-17-21-20-16-10-5-13(11-22(16)17)18(23)24-4/h6-9,13H,5,10-12H2,1-4H3. The van der Waals surface area contributed by atoms with Gasteiger partial charge in [-0.2, -0.15) is 0 Å². The number of benzene rings is 1. The molecular formula is C19H25N3O3. The van der Waals surface area contributed by atoms with Crippen LogP contribution >= 0.6 is 0 Å².